The smallest absolute Gasteiger partial charge is 0.306 e. The number of amides is 1. The molecule has 2 atom stereocenters. The predicted octanol–water partition coefficient (Wildman–Crippen LogP) is 3.82. The van der Waals surface area contributed by atoms with Crippen LogP contribution in [0, 0.1) is 0 Å². The van der Waals surface area contributed by atoms with Crippen molar-refractivity contribution in [3.63, 3.8) is 0 Å². The molecule has 3 rings (SSSR count). The molecule has 0 aliphatic carbocycles. The number of aliphatic hydroxyl groups excluding tert-OH is 1. The number of hydrogen-bond donors (Lipinski definition) is 2. The summed E-state index contributed by atoms with van der Waals surface area (Å²) >= 11 is 0. The van der Waals surface area contributed by atoms with Crippen molar-refractivity contribution in [3.8, 4) is 23.0 Å². The molecule has 0 radical (unpaired) electrons. The van der Waals surface area contributed by atoms with Gasteiger partial charge in [-0.05, 0) is 58.4 Å². The lowest BCUT2D eigenvalue weighted by Gasteiger charge is -2.29. The molecule has 0 saturated heterocycles. The normalized spacial score (nSPS) is 18.0. The van der Waals surface area contributed by atoms with Gasteiger partial charge in [0.2, 0.25) is 5.90 Å². The van der Waals surface area contributed by atoms with Gasteiger partial charge in [0, 0.05) is 37.1 Å². The summed E-state index contributed by atoms with van der Waals surface area (Å²) in [6, 6.07) is 10.5. The number of aliphatic imine (C=N–C) groups is 1. The summed E-state index contributed by atoms with van der Waals surface area (Å²) in [6.07, 6.45) is -0.131. The number of methoxy groups -OCH3 is 3. The van der Waals surface area contributed by atoms with Crippen LogP contribution in [0.3, 0.4) is 0 Å². The van der Waals surface area contributed by atoms with Crippen molar-refractivity contribution >= 4 is 17.8 Å². The average molecular weight is 587 g/mol. The summed E-state index contributed by atoms with van der Waals surface area (Å²) in [5.74, 6) is 1.57. The maximum atomic E-state index is 14.0. The Balaban J connectivity index is 1.90. The largest absolute Gasteiger partial charge is 0.496 e. The average Bonchev–Trinajstić information content (AvgIpc) is 3.30. The predicted molar refractivity (Wildman–Crippen MR) is 156 cm³/mol. The van der Waals surface area contributed by atoms with Crippen LogP contribution in [0.5, 0.6) is 23.0 Å². The van der Waals surface area contributed by atoms with E-state index < -0.39 is 29.1 Å². The SMILES string of the molecule is COc1cc(OC)c(CNC(=O)[C@]2(CCC(=O)OC(C)(C)C)N=C(c3ccc(OCCCO)cc3)O[C@@H]2C)c(OC)c1. The zero-order valence-corrected chi connectivity index (χ0v) is 25.4. The molecule has 11 nitrogen and oxygen atoms in total. The molecule has 2 aromatic rings. The number of nitrogens with one attached hydrogen (secondary N) is 1. The molecule has 2 N–H and O–H groups in total. The fourth-order valence-corrected chi connectivity index (χ4v) is 4.51. The monoisotopic (exact) mass is 586 g/mol. The first-order chi connectivity index (χ1) is 20.0. The summed E-state index contributed by atoms with van der Waals surface area (Å²) in [7, 11) is 4.58. The van der Waals surface area contributed by atoms with E-state index in [1.165, 1.54) is 14.2 Å². The quantitative estimate of drug-likeness (QED) is 0.250. The lowest BCUT2D eigenvalue weighted by molar-refractivity contribution is -0.155. The number of carbonyl (C=O) groups excluding carboxylic acids is 2. The molecule has 1 amide bonds. The molecule has 42 heavy (non-hydrogen) atoms. The molecule has 11 heteroatoms. The number of aliphatic hydroxyl groups is 1. The first-order valence-electron chi connectivity index (χ1n) is 13.9. The number of hydrogen-bond acceptors (Lipinski definition) is 10. The van der Waals surface area contributed by atoms with E-state index in [0.29, 0.717) is 47.2 Å². The molecular weight excluding hydrogens is 544 g/mol. The van der Waals surface area contributed by atoms with Crippen LogP contribution in [0.2, 0.25) is 0 Å². The van der Waals surface area contributed by atoms with Crippen LogP contribution in [0.15, 0.2) is 41.4 Å². The summed E-state index contributed by atoms with van der Waals surface area (Å²) < 4.78 is 33.6. The van der Waals surface area contributed by atoms with Crippen LogP contribution < -0.4 is 24.3 Å². The van der Waals surface area contributed by atoms with E-state index in [4.69, 9.17) is 38.5 Å². The highest BCUT2D eigenvalue weighted by Gasteiger charge is 2.50. The van der Waals surface area contributed by atoms with Crippen LogP contribution in [-0.4, -0.2) is 74.7 Å². The Hall–Kier alpha value is -3.99. The number of rotatable bonds is 14. The Kier molecular flexibility index (Phi) is 11.0. The molecule has 2 aromatic carbocycles. The first kappa shape index (κ1) is 32.5. The zero-order chi connectivity index (χ0) is 30.9. The maximum absolute atomic E-state index is 14.0. The van der Waals surface area contributed by atoms with Crippen LogP contribution in [0.1, 0.15) is 58.1 Å². The van der Waals surface area contributed by atoms with Crippen molar-refractivity contribution in [2.24, 2.45) is 4.99 Å². The molecule has 0 aromatic heterocycles. The molecule has 1 heterocycles. The molecule has 1 aliphatic heterocycles. The van der Waals surface area contributed by atoms with Crippen LogP contribution in [-0.2, 0) is 25.6 Å². The Bertz CT molecular complexity index is 1230. The fraction of sp³-hybridized carbons (Fsp3) is 0.516. The summed E-state index contributed by atoms with van der Waals surface area (Å²) in [5, 5.41) is 11.9. The van der Waals surface area contributed by atoms with E-state index in [9.17, 15) is 9.59 Å². The van der Waals surface area contributed by atoms with Gasteiger partial charge in [-0.2, -0.15) is 0 Å². The second kappa shape index (κ2) is 14.3. The summed E-state index contributed by atoms with van der Waals surface area (Å²) in [6.45, 7) is 7.63. The van der Waals surface area contributed by atoms with Gasteiger partial charge in [0.25, 0.3) is 5.91 Å². The summed E-state index contributed by atoms with van der Waals surface area (Å²) in [4.78, 5) is 31.4. The van der Waals surface area contributed by atoms with Gasteiger partial charge in [0.15, 0.2) is 5.54 Å². The Morgan fingerprint density at radius 2 is 1.67 bits per heavy atom. The second-order valence-corrected chi connectivity index (χ2v) is 10.8. The van der Waals surface area contributed by atoms with E-state index in [0.717, 1.165) is 0 Å². The van der Waals surface area contributed by atoms with Crippen molar-refractivity contribution in [2.45, 2.75) is 70.7 Å². The third kappa shape index (κ3) is 8.06. The molecular formula is C31H42N2O9. The highest BCUT2D eigenvalue weighted by molar-refractivity contribution is 6.01. The number of ether oxygens (including phenoxy) is 6. The van der Waals surface area contributed by atoms with Gasteiger partial charge in [-0.25, -0.2) is 4.99 Å². The third-order valence-corrected chi connectivity index (χ3v) is 6.70. The molecule has 0 unspecified atom stereocenters. The summed E-state index contributed by atoms with van der Waals surface area (Å²) in [5.41, 5.74) is -0.803. The second-order valence-electron chi connectivity index (χ2n) is 10.8. The Labute approximate surface area is 247 Å². The Morgan fingerprint density at radius 3 is 2.21 bits per heavy atom. The lowest BCUT2D eigenvalue weighted by Crippen LogP contribution is -2.51. The van der Waals surface area contributed by atoms with E-state index in [1.807, 2.05) is 0 Å². The minimum absolute atomic E-state index is 0.0397. The third-order valence-electron chi connectivity index (χ3n) is 6.70. The van der Waals surface area contributed by atoms with Gasteiger partial charge in [-0.3, -0.25) is 9.59 Å². The zero-order valence-electron chi connectivity index (χ0n) is 25.4. The van der Waals surface area contributed by atoms with Crippen LogP contribution in [0.4, 0.5) is 0 Å². The van der Waals surface area contributed by atoms with Gasteiger partial charge < -0.3 is 38.8 Å². The molecule has 0 fully saturated rings. The van der Waals surface area contributed by atoms with E-state index in [-0.39, 0.29) is 31.9 Å². The number of esters is 1. The lowest BCUT2D eigenvalue weighted by atomic mass is 9.87. The highest BCUT2D eigenvalue weighted by atomic mass is 16.6. The van der Waals surface area contributed by atoms with E-state index >= 15 is 0 Å². The number of benzene rings is 2. The minimum Gasteiger partial charge on any atom is -0.496 e. The van der Waals surface area contributed by atoms with Gasteiger partial charge in [0.05, 0.1) is 40.0 Å². The molecule has 230 valence electrons. The van der Waals surface area contributed by atoms with Gasteiger partial charge in [-0.15, -0.1) is 0 Å². The molecule has 1 aliphatic rings. The van der Waals surface area contributed by atoms with Crippen molar-refractivity contribution in [1.29, 1.82) is 0 Å². The van der Waals surface area contributed by atoms with Crippen molar-refractivity contribution in [1.82, 2.24) is 5.32 Å². The molecule has 0 saturated carbocycles. The van der Waals surface area contributed by atoms with Crippen molar-refractivity contribution in [2.75, 3.05) is 34.5 Å². The molecule has 0 spiro atoms. The standard InChI is InChI=1S/C31H42N2O9/c1-20-31(14-13-27(35)42-30(2,3)4,33-28(41-20)21-9-11-22(12-10-21)40-16-8-15-34)29(36)32-19-24-25(38-6)17-23(37-5)18-26(24)39-7/h9-12,17-18,20,34H,8,13-16,19H2,1-7H3,(H,32,36)/t20-,31-/m1/s1. The topological polar surface area (TPSA) is 134 Å². The first-order valence-corrected chi connectivity index (χ1v) is 13.9. The van der Waals surface area contributed by atoms with Gasteiger partial charge in [-0.1, -0.05) is 0 Å². The van der Waals surface area contributed by atoms with Crippen molar-refractivity contribution in [3.05, 3.63) is 47.5 Å². The van der Waals surface area contributed by atoms with Crippen LogP contribution >= 0.6 is 0 Å². The minimum atomic E-state index is -1.41. The fourth-order valence-electron chi connectivity index (χ4n) is 4.51. The number of nitrogens with zero attached hydrogens (tertiary/aromatic N) is 1. The Morgan fingerprint density at radius 1 is 1.02 bits per heavy atom. The van der Waals surface area contributed by atoms with E-state index in [1.54, 1.807) is 71.2 Å². The maximum Gasteiger partial charge on any atom is 0.306 e. The van der Waals surface area contributed by atoms with Gasteiger partial charge in [0.1, 0.15) is 34.7 Å². The van der Waals surface area contributed by atoms with Crippen LogP contribution in [0.25, 0.3) is 0 Å². The highest BCUT2D eigenvalue weighted by Crippen LogP contribution is 2.36. The van der Waals surface area contributed by atoms with E-state index in [2.05, 4.69) is 5.32 Å². The van der Waals surface area contributed by atoms with Crippen molar-refractivity contribution < 1.29 is 43.1 Å². The molecule has 0 bridgehead atoms. The van der Waals surface area contributed by atoms with Gasteiger partial charge >= 0.3 is 5.97 Å². The number of carbonyl (C=O) groups is 2.